The van der Waals surface area contributed by atoms with E-state index < -0.39 is 31.2 Å². The number of halogens is 4. The van der Waals surface area contributed by atoms with Crippen LogP contribution in [-0.4, -0.2) is 13.0 Å². The van der Waals surface area contributed by atoms with E-state index in [1.165, 1.54) is 0 Å². The van der Waals surface area contributed by atoms with Gasteiger partial charge in [-0.25, -0.2) is 8.42 Å². The Morgan fingerprint density at radius 1 is 1.25 bits per heavy atom. The van der Waals surface area contributed by atoms with Crippen LogP contribution in [0.3, 0.4) is 0 Å². The summed E-state index contributed by atoms with van der Waals surface area (Å²) < 4.78 is 67.7. The first-order chi connectivity index (χ1) is 6.62. The Bertz CT molecular complexity index is 486. The molecule has 0 amide bonds. The van der Waals surface area contributed by atoms with Crippen molar-refractivity contribution in [2.45, 2.75) is 11.1 Å². The molecule has 0 spiro atoms. The maximum Gasteiger partial charge on any atom is 1.00 e. The molecule has 0 radical (unpaired) electrons. The predicted molar refractivity (Wildman–Crippen MR) is 47.1 cm³/mol. The van der Waals surface area contributed by atoms with Crippen molar-refractivity contribution >= 4 is 26.0 Å². The van der Waals surface area contributed by atoms with E-state index in [2.05, 4.69) is 15.9 Å². The fourth-order valence-corrected chi connectivity index (χ4v) is 2.39. The van der Waals surface area contributed by atoms with E-state index >= 15 is 0 Å². The topological polar surface area (TPSA) is 57.2 Å². The van der Waals surface area contributed by atoms with Crippen molar-refractivity contribution in [1.29, 1.82) is 0 Å². The molecule has 0 aliphatic carbocycles. The predicted octanol–water partition coefficient (Wildman–Crippen LogP) is -0.624. The molecule has 3 nitrogen and oxygen atoms in total. The number of rotatable bonds is 1. The number of benzene rings is 1. The second-order valence-corrected chi connectivity index (χ2v) is 4.80. The van der Waals surface area contributed by atoms with E-state index in [0.717, 1.165) is 0 Å². The normalized spacial score (nSPS) is 12.1. The third-order valence-corrected chi connectivity index (χ3v) is 3.34. The number of alkyl halides is 3. The first-order valence-corrected chi connectivity index (χ1v) is 5.65. The largest absolute Gasteiger partial charge is 1.00 e. The summed E-state index contributed by atoms with van der Waals surface area (Å²) in [4.78, 5) is -0.713. The van der Waals surface area contributed by atoms with Crippen molar-refractivity contribution in [3.63, 3.8) is 0 Å². The van der Waals surface area contributed by atoms with Crippen molar-refractivity contribution in [2.75, 3.05) is 0 Å². The standard InChI is InChI=1S/C7H4BrF3O3S.Na/c8-5-3-4(7(9,10)11)1-2-6(5)15(12,13)14;/h1-3H,(H,12,13,14);/q;+1/p-1. The number of hydrogen-bond donors (Lipinski definition) is 0. The molecule has 0 aliphatic rings. The minimum atomic E-state index is -4.76. The molecule has 0 saturated carbocycles. The zero-order chi connectivity index (χ0) is 11.9. The summed E-state index contributed by atoms with van der Waals surface area (Å²) in [7, 11) is -4.76. The third-order valence-electron chi connectivity index (χ3n) is 1.53. The van der Waals surface area contributed by atoms with Crippen LogP contribution in [0.5, 0.6) is 0 Å². The average molecular weight is 327 g/mol. The molecule has 0 saturated heterocycles. The first-order valence-electron chi connectivity index (χ1n) is 3.45. The molecule has 0 aliphatic heterocycles. The molecule has 0 bridgehead atoms. The van der Waals surface area contributed by atoms with Crippen LogP contribution in [0.15, 0.2) is 27.6 Å². The van der Waals surface area contributed by atoms with Gasteiger partial charge in [-0.05, 0) is 34.1 Å². The zero-order valence-corrected chi connectivity index (χ0v) is 12.3. The van der Waals surface area contributed by atoms with Gasteiger partial charge >= 0.3 is 35.7 Å². The van der Waals surface area contributed by atoms with Gasteiger partial charge in [-0.2, -0.15) is 13.2 Å². The van der Waals surface area contributed by atoms with Gasteiger partial charge in [-0.3, -0.25) is 0 Å². The Kier molecular flexibility index (Phi) is 5.50. The summed E-state index contributed by atoms with van der Waals surface area (Å²) in [5.74, 6) is 0. The second kappa shape index (κ2) is 5.36. The van der Waals surface area contributed by atoms with Gasteiger partial charge < -0.3 is 4.55 Å². The molecule has 1 rings (SSSR count). The van der Waals surface area contributed by atoms with Crippen LogP contribution >= 0.6 is 15.9 Å². The molecule has 0 aromatic heterocycles. The van der Waals surface area contributed by atoms with Gasteiger partial charge in [0.15, 0.2) is 0 Å². The van der Waals surface area contributed by atoms with E-state index in [1.54, 1.807) is 0 Å². The van der Waals surface area contributed by atoms with Gasteiger partial charge in [0.05, 0.1) is 10.5 Å². The molecule has 0 unspecified atom stereocenters. The van der Waals surface area contributed by atoms with E-state index in [0.29, 0.717) is 18.2 Å². The summed E-state index contributed by atoms with van der Waals surface area (Å²) in [6.07, 6.45) is -4.58. The van der Waals surface area contributed by atoms with E-state index in [-0.39, 0.29) is 29.6 Å². The van der Waals surface area contributed by atoms with Crippen molar-refractivity contribution in [1.82, 2.24) is 0 Å². The molecule has 9 heteroatoms. The molecule has 1 aromatic carbocycles. The molecule has 0 atom stereocenters. The molecule has 16 heavy (non-hydrogen) atoms. The maximum atomic E-state index is 12.1. The van der Waals surface area contributed by atoms with Gasteiger partial charge in [0.1, 0.15) is 10.1 Å². The van der Waals surface area contributed by atoms with Crippen LogP contribution in [0, 0.1) is 0 Å². The fourth-order valence-electron chi connectivity index (χ4n) is 0.880. The Morgan fingerprint density at radius 2 is 1.75 bits per heavy atom. The summed E-state index contributed by atoms with van der Waals surface area (Å²) in [5, 5.41) is 0. The Hall–Kier alpha value is 0.400. The summed E-state index contributed by atoms with van der Waals surface area (Å²) in [5.41, 5.74) is -1.03. The van der Waals surface area contributed by atoms with Crippen molar-refractivity contribution in [3.05, 3.63) is 28.2 Å². The van der Waals surface area contributed by atoms with Crippen LogP contribution in [0.25, 0.3) is 0 Å². The summed E-state index contributed by atoms with van der Waals surface area (Å²) >= 11 is 2.60. The minimum Gasteiger partial charge on any atom is -0.744 e. The smallest absolute Gasteiger partial charge is 0.744 e. The van der Waals surface area contributed by atoms with E-state index in [9.17, 15) is 26.1 Å². The fraction of sp³-hybridized carbons (Fsp3) is 0.143. The quantitative estimate of drug-likeness (QED) is 0.510. The maximum absolute atomic E-state index is 12.1. The van der Waals surface area contributed by atoms with Gasteiger partial charge in [-0.15, -0.1) is 0 Å². The van der Waals surface area contributed by atoms with E-state index in [4.69, 9.17) is 0 Å². The average Bonchev–Trinajstić information content (AvgIpc) is 1.99. The van der Waals surface area contributed by atoms with Crippen LogP contribution in [0.2, 0.25) is 0 Å². The van der Waals surface area contributed by atoms with Crippen molar-refractivity contribution in [2.24, 2.45) is 0 Å². The summed E-state index contributed by atoms with van der Waals surface area (Å²) in [6, 6.07) is 1.70. The molecule has 1 aromatic rings. The van der Waals surface area contributed by atoms with Crippen LogP contribution in [0.1, 0.15) is 5.56 Å². The van der Waals surface area contributed by atoms with Crippen molar-refractivity contribution < 1.29 is 55.7 Å². The van der Waals surface area contributed by atoms with Crippen LogP contribution in [0.4, 0.5) is 13.2 Å². The Labute approximate surface area is 120 Å². The van der Waals surface area contributed by atoms with Gasteiger partial charge in [0.25, 0.3) is 0 Å². The molecule has 0 fully saturated rings. The van der Waals surface area contributed by atoms with Crippen LogP contribution < -0.4 is 29.6 Å². The monoisotopic (exact) mass is 326 g/mol. The van der Waals surface area contributed by atoms with Gasteiger partial charge in [0, 0.05) is 4.47 Å². The third kappa shape index (κ3) is 4.01. The first kappa shape index (κ1) is 16.4. The molecular formula is C7H3BrF3NaO3S. The van der Waals surface area contributed by atoms with Gasteiger partial charge in [-0.1, -0.05) is 0 Å². The Morgan fingerprint density at radius 3 is 2.06 bits per heavy atom. The van der Waals surface area contributed by atoms with E-state index in [1.807, 2.05) is 0 Å². The molecular weight excluding hydrogens is 324 g/mol. The zero-order valence-electron chi connectivity index (χ0n) is 7.88. The molecule has 0 heterocycles. The van der Waals surface area contributed by atoms with Crippen LogP contribution in [-0.2, 0) is 16.3 Å². The molecule has 84 valence electrons. The second-order valence-electron chi connectivity index (χ2n) is 2.60. The SMILES string of the molecule is O=S(=O)([O-])c1ccc(C(F)(F)F)cc1Br.[Na+]. The van der Waals surface area contributed by atoms with Crippen molar-refractivity contribution in [3.8, 4) is 0 Å². The Balaban J connectivity index is 0.00000225. The minimum absolute atomic E-state index is 0. The summed E-state index contributed by atoms with van der Waals surface area (Å²) in [6.45, 7) is 0. The number of hydrogen-bond acceptors (Lipinski definition) is 3. The molecule has 0 N–H and O–H groups in total. The van der Waals surface area contributed by atoms with Gasteiger partial charge in [0.2, 0.25) is 0 Å².